The summed E-state index contributed by atoms with van der Waals surface area (Å²) in [6.07, 6.45) is 4.52. The summed E-state index contributed by atoms with van der Waals surface area (Å²) in [4.78, 5) is 13.9. The van der Waals surface area contributed by atoms with Crippen molar-refractivity contribution in [2.24, 2.45) is 0 Å². The van der Waals surface area contributed by atoms with Gasteiger partial charge in [-0.15, -0.1) is 0 Å². The number of aromatic hydroxyl groups is 1. The van der Waals surface area contributed by atoms with Gasteiger partial charge in [0.15, 0.2) is 17.0 Å². The number of benzene rings is 1. The molecule has 0 radical (unpaired) electrons. The van der Waals surface area contributed by atoms with Crippen LogP contribution in [0.25, 0.3) is 11.2 Å². The summed E-state index contributed by atoms with van der Waals surface area (Å²) in [7, 11) is 0. The fraction of sp³-hybridized carbons (Fsp3) is 0.476. The predicted molar refractivity (Wildman–Crippen MR) is 128 cm³/mol. The number of aliphatic hydroxyl groups is 1. The van der Waals surface area contributed by atoms with Gasteiger partial charge in [0.1, 0.15) is 5.75 Å². The molecule has 30 heavy (non-hydrogen) atoms. The lowest BCUT2D eigenvalue weighted by atomic mass is 10.2. The second-order valence-electron chi connectivity index (χ2n) is 7.25. The normalized spacial score (nSPS) is 12.5. The molecule has 1 unspecified atom stereocenters. The van der Waals surface area contributed by atoms with Crippen molar-refractivity contribution < 1.29 is 10.2 Å². The number of anilines is 2. The van der Waals surface area contributed by atoms with E-state index >= 15 is 0 Å². The maximum atomic E-state index is 10.2. The zero-order valence-electron chi connectivity index (χ0n) is 17.6. The van der Waals surface area contributed by atoms with Crippen molar-refractivity contribution in [1.82, 2.24) is 19.5 Å². The minimum absolute atomic E-state index is 0.00277. The lowest BCUT2D eigenvalue weighted by Crippen LogP contribution is -2.24. The van der Waals surface area contributed by atoms with Gasteiger partial charge < -0.3 is 25.4 Å². The molecule has 3 aromatic rings. The molecule has 0 aliphatic heterocycles. The van der Waals surface area contributed by atoms with Gasteiger partial charge in [-0.05, 0) is 60.1 Å². The average molecular weight is 524 g/mol. The van der Waals surface area contributed by atoms with Crippen LogP contribution in [0.1, 0.15) is 51.6 Å². The number of imidazole rings is 1. The first kappa shape index (κ1) is 22.5. The van der Waals surface area contributed by atoms with Gasteiger partial charge in [0, 0.05) is 21.7 Å². The first-order valence-corrected chi connectivity index (χ1v) is 11.4. The third-order valence-corrected chi connectivity index (χ3v) is 5.96. The van der Waals surface area contributed by atoms with E-state index in [0.29, 0.717) is 29.9 Å². The van der Waals surface area contributed by atoms with E-state index < -0.39 is 0 Å². The van der Waals surface area contributed by atoms with Crippen LogP contribution >= 0.6 is 22.6 Å². The van der Waals surface area contributed by atoms with Crippen LogP contribution in [0.3, 0.4) is 0 Å². The summed E-state index contributed by atoms with van der Waals surface area (Å²) in [6, 6.07) is 5.66. The van der Waals surface area contributed by atoms with Crippen molar-refractivity contribution in [3.05, 3.63) is 33.7 Å². The van der Waals surface area contributed by atoms with E-state index in [1.807, 2.05) is 25.4 Å². The van der Waals surface area contributed by atoms with Gasteiger partial charge in [-0.2, -0.15) is 9.97 Å². The summed E-state index contributed by atoms with van der Waals surface area (Å²) in [5, 5.41) is 26.3. The number of phenols is 1. The molecule has 8 nitrogen and oxygen atoms in total. The molecule has 0 saturated heterocycles. The standard InChI is InChI=1S/C21H29IN6O2/c1-4-15(11-29)25-21-26-19(23-10-13-9-14(22)7-8-17(13)30)18-20(27-21)28(12-24-18)16(5-2)6-3/h7-9,12,15-16,29-30H,4-6,10-11H2,1-3H3,(H2,23,25,26,27). The number of hydrogen-bond donors (Lipinski definition) is 4. The molecule has 2 aromatic heterocycles. The molecule has 0 aliphatic rings. The third-order valence-electron chi connectivity index (χ3n) is 5.29. The van der Waals surface area contributed by atoms with Gasteiger partial charge in [0.25, 0.3) is 0 Å². The molecule has 162 valence electrons. The summed E-state index contributed by atoms with van der Waals surface area (Å²) >= 11 is 2.22. The van der Waals surface area contributed by atoms with E-state index in [9.17, 15) is 10.2 Å². The highest BCUT2D eigenvalue weighted by Gasteiger charge is 2.18. The minimum Gasteiger partial charge on any atom is -0.508 e. The Kier molecular flexibility index (Phi) is 7.70. The number of hydrogen-bond acceptors (Lipinski definition) is 7. The quantitative estimate of drug-likeness (QED) is 0.293. The summed E-state index contributed by atoms with van der Waals surface area (Å²) in [5.74, 6) is 1.28. The molecule has 0 saturated carbocycles. The lowest BCUT2D eigenvalue weighted by molar-refractivity contribution is 0.271. The topological polar surface area (TPSA) is 108 Å². The van der Waals surface area contributed by atoms with Crippen molar-refractivity contribution in [3.8, 4) is 5.75 Å². The molecule has 0 aliphatic carbocycles. The van der Waals surface area contributed by atoms with E-state index in [1.54, 1.807) is 6.07 Å². The molecule has 1 aromatic carbocycles. The average Bonchev–Trinajstić information content (AvgIpc) is 3.17. The largest absolute Gasteiger partial charge is 0.508 e. The maximum Gasteiger partial charge on any atom is 0.227 e. The first-order valence-electron chi connectivity index (χ1n) is 10.3. The number of phenolic OH excluding ortho intramolecular Hbond substituents is 1. The monoisotopic (exact) mass is 524 g/mol. The number of halogens is 1. The van der Waals surface area contributed by atoms with Crippen molar-refractivity contribution >= 4 is 45.5 Å². The van der Waals surface area contributed by atoms with Gasteiger partial charge in [0.2, 0.25) is 5.95 Å². The Morgan fingerprint density at radius 2 is 1.90 bits per heavy atom. The van der Waals surface area contributed by atoms with Gasteiger partial charge in [-0.25, -0.2) is 4.98 Å². The first-order chi connectivity index (χ1) is 14.5. The lowest BCUT2D eigenvalue weighted by Gasteiger charge is -2.18. The summed E-state index contributed by atoms with van der Waals surface area (Å²) in [6.45, 7) is 6.71. The van der Waals surface area contributed by atoms with Crippen molar-refractivity contribution in [2.75, 3.05) is 17.2 Å². The van der Waals surface area contributed by atoms with Crippen molar-refractivity contribution in [1.29, 1.82) is 0 Å². The van der Waals surface area contributed by atoms with Crippen LogP contribution in [0, 0.1) is 3.57 Å². The Balaban J connectivity index is 2.01. The fourth-order valence-electron chi connectivity index (χ4n) is 3.39. The molecule has 0 spiro atoms. The van der Waals surface area contributed by atoms with Crippen LogP contribution in [0.15, 0.2) is 24.5 Å². The van der Waals surface area contributed by atoms with Crippen LogP contribution in [0.4, 0.5) is 11.8 Å². The Labute approximate surface area is 190 Å². The van der Waals surface area contributed by atoms with Crippen molar-refractivity contribution in [2.45, 2.75) is 58.7 Å². The van der Waals surface area contributed by atoms with Gasteiger partial charge >= 0.3 is 0 Å². The van der Waals surface area contributed by atoms with Crippen LogP contribution in [0.5, 0.6) is 5.75 Å². The molecule has 0 bridgehead atoms. The molecule has 9 heteroatoms. The zero-order valence-corrected chi connectivity index (χ0v) is 19.7. The molecule has 2 heterocycles. The number of aliphatic hydroxyl groups excluding tert-OH is 1. The highest BCUT2D eigenvalue weighted by molar-refractivity contribution is 14.1. The molecule has 1 atom stereocenters. The molecule has 3 rings (SSSR count). The SMILES string of the molecule is CCC(CO)Nc1nc(NCc2cc(I)ccc2O)c2ncn(C(CC)CC)c2n1. The van der Waals surface area contributed by atoms with Crippen LogP contribution < -0.4 is 10.6 Å². The maximum absolute atomic E-state index is 10.2. The smallest absolute Gasteiger partial charge is 0.227 e. The van der Waals surface area contributed by atoms with E-state index in [1.165, 1.54) is 0 Å². The highest BCUT2D eigenvalue weighted by atomic mass is 127. The van der Waals surface area contributed by atoms with Gasteiger partial charge in [-0.1, -0.05) is 20.8 Å². The predicted octanol–water partition coefficient (Wildman–Crippen LogP) is 4.29. The minimum atomic E-state index is -0.125. The second-order valence-corrected chi connectivity index (χ2v) is 8.49. The molecule has 0 amide bonds. The van der Waals surface area contributed by atoms with Gasteiger partial charge in [-0.3, -0.25) is 0 Å². The molecule has 4 N–H and O–H groups in total. The Bertz CT molecular complexity index is 985. The van der Waals surface area contributed by atoms with Crippen LogP contribution in [-0.2, 0) is 6.54 Å². The van der Waals surface area contributed by atoms with Gasteiger partial charge in [0.05, 0.1) is 19.0 Å². The van der Waals surface area contributed by atoms with Crippen LogP contribution in [-0.4, -0.2) is 42.4 Å². The number of nitrogens with zero attached hydrogens (tertiary/aromatic N) is 4. The number of rotatable bonds is 10. The fourth-order valence-corrected chi connectivity index (χ4v) is 3.94. The number of fused-ring (bicyclic) bond motifs is 1. The summed E-state index contributed by atoms with van der Waals surface area (Å²) < 4.78 is 3.14. The van der Waals surface area contributed by atoms with Crippen molar-refractivity contribution in [3.63, 3.8) is 0 Å². The molecular weight excluding hydrogens is 495 g/mol. The number of aromatic nitrogens is 4. The van der Waals surface area contributed by atoms with E-state index in [2.05, 4.69) is 61.6 Å². The third kappa shape index (κ3) is 4.94. The second kappa shape index (κ2) is 10.3. The summed E-state index contributed by atoms with van der Waals surface area (Å²) in [5.41, 5.74) is 2.22. The van der Waals surface area contributed by atoms with Crippen LogP contribution in [0.2, 0.25) is 0 Å². The Hall–Kier alpha value is -2.14. The highest BCUT2D eigenvalue weighted by Crippen LogP contribution is 2.28. The van der Waals surface area contributed by atoms with E-state index in [-0.39, 0.29) is 18.4 Å². The van der Waals surface area contributed by atoms with E-state index in [0.717, 1.165) is 34.0 Å². The Morgan fingerprint density at radius 1 is 1.13 bits per heavy atom. The zero-order chi connectivity index (χ0) is 21.7. The number of nitrogens with one attached hydrogen (secondary N) is 2. The Morgan fingerprint density at radius 3 is 2.57 bits per heavy atom. The molecule has 0 fully saturated rings. The molecular formula is C21H29IN6O2. The van der Waals surface area contributed by atoms with E-state index in [4.69, 9.17) is 4.98 Å².